The Bertz CT molecular complexity index is 1160. The van der Waals surface area contributed by atoms with Crippen LogP contribution in [0.3, 0.4) is 0 Å². The van der Waals surface area contributed by atoms with E-state index in [0.717, 1.165) is 5.56 Å². The molecule has 4 rings (SSSR count). The van der Waals surface area contributed by atoms with E-state index in [0.29, 0.717) is 17.7 Å². The van der Waals surface area contributed by atoms with E-state index in [-0.39, 0.29) is 15.9 Å². The minimum atomic E-state index is -3.76. The molecule has 0 saturated heterocycles. The number of hydrogen-bond donors (Lipinski definition) is 0. The van der Waals surface area contributed by atoms with E-state index in [1.54, 1.807) is 13.1 Å². The van der Waals surface area contributed by atoms with Crippen molar-refractivity contribution in [2.45, 2.75) is 24.2 Å². The van der Waals surface area contributed by atoms with Crippen molar-refractivity contribution >= 4 is 26.8 Å². The van der Waals surface area contributed by atoms with E-state index in [2.05, 4.69) is 0 Å². The Morgan fingerprint density at radius 1 is 1.12 bits per heavy atom. The number of hydrogen-bond acceptors (Lipinski definition) is 4. The molecule has 0 amide bonds. The number of aryl methyl sites for hydroxylation is 1. The van der Waals surface area contributed by atoms with Gasteiger partial charge in [0.15, 0.2) is 5.58 Å². The zero-order valence-corrected chi connectivity index (χ0v) is 15.0. The lowest BCUT2D eigenvalue weighted by Gasteiger charge is -2.22. The van der Waals surface area contributed by atoms with Gasteiger partial charge in [-0.2, -0.15) is 0 Å². The van der Waals surface area contributed by atoms with Crippen molar-refractivity contribution in [2.75, 3.05) is 10.8 Å². The summed E-state index contributed by atoms with van der Waals surface area (Å²) >= 11 is 0. The molecule has 1 aliphatic heterocycles. The molecule has 1 aromatic heterocycles. The average Bonchev–Trinajstić information content (AvgIpc) is 3.02. The van der Waals surface area contributed by atoms with Crippen LogP contribution in [0.25, 0.3) is 11.1 Å². The van der Waals surface area contributed by atoms with Gasteiger partial charge >= 0.3 is 5.76 Å². The van der Waals surface area contributed by atoms with Crippen molar-refractivity contribution in [3.05, 3.63) is 58.6 Å². The molecule has 0 spiro atoms. The smallest absolute Gasteiger partial charge is 0.408 e. The van der Waals surface area contributed by atoms with Gasteiger partial charge in [0, 0.05) is 25.1 Å². The lowest BCUT2D eigenvalue weighted by molar-refractivity contribution is 0.527. The van der Waals surface area contributed by atoms with E-state index >= 15 is 0 Å². The van der Waals surface area contributed by atoms with E-state index in [1.807, 2.05) is 38.1 Å². The first-order chi connectivity index (χ1) is 11.7. The molecule has 6 nitrogen and oxygen atoms in total. The van der Waals surface area contributed by atoms with Crippen LogP contribution >= 0.6 is 0 Å². The summed E-state index contributed by atoms with van der Waals surface area (Å²) in [5.41, 5.74) is 2.26. The molecule has 2 heterocycles. The highest BCUT2D eigenvalue weighted by Crippen LogP contribution is 2.42. The molecule has 0 unspecified atom stereocenters. The van der Waals surface area contributed by atoms with Gasteiger partial charge in [0.05, 0.1) is 16.1 Å². The second kappa shape index (κ2) is 4.98. The number of benzene rings is 2. The monoisotopic (exact) mass is 358 g/mol. The Morgan fingerprint density at radius 2 is 1.84 bits per heavy atom. The van der Waals surface area contributed by atoms with Crippen LogP contribution in [-0.4, -0.2) is 19.5 Å². The minimum absolute atomic E-state index is 0.113. The summed E-state index contributed by atoms with van der Waals surface area (Å²) < 4.78 is 34.4. The lowest BCUT2D eigenvalue weighted by atomic mass is 9.87. The van der Waals surface area contributed by atoms with Gasteiger partial charge in [0.1, 0.15) is 0 Å². The molecule has 0 fully saturated rings. The lowest BCUT2D eigenvalue weighted by Crippen LogP contribution is -2.33. The molecule has 25 heavy (non-hydrogen) atoms. The highest BCUT2D eigenvalue weighted by atomic mass is 32.2. The van der Waals surface area contributed by atoms with E-state index in [4.69, 9.17) is 4.42 Å². The van der Waals surface area contributed by atoms with Crippen LogP contribution < -0.4 is 10.1 Å². The van der Waals surface area contributed by atoms with Crippen LogP contribution in [0, 0.1) is 0 Å². The summed E-state index contributed by atoms with van der Waals surface area (Å²) in [7, 11) is -2.17. The van der Waals surface area contributed by atoms with Gasteiger partial charge in [-0.25, -0.2) is 13.2 Å². The summed E-state index contributed by atoms with van der Waals surface area (Å²) in [4.78, 5) is 11.8. The second-order valence-corrected chi connectivity index (χ2v) is 8.83. The van der Waals surface area contributed by atoms with Gasteiger partial charge in [0.25, 0.3) is 10.0 Å². The Morgan fingerprint density at radius 3 is 2.60 bits per heavy atom. The number of aromatic nitrogens is 1. The largest absolute Gasteiger partial charge is 0.419 e. The maximum Gasteiger partial charge on any atom is 0.419 e. The van der Waals surface area contributed by atoms with E-state index in [9.17, 15) is 13.2 Å². The van der Waals surface area contributed by atoms with Crippen LogP contribution in [0.1, 0.15) is 19.4 Å². The van der Waals surface area contributed by atoms with Crippen molar-refractivity contribution in [1.82, 2.24) is 4.57 Å². The van der Waals surface area contributed by atoms with Gasteiger partial charge in [-0.05, 0) is 23.8 Å². The summed E-state index contributed by atoms with van der Waals surface area (Å²) in [6.07, 6.45) is 0. The molecule has 0 atom stereocenters. The number of fused-ring (bicyclic) bond motifs is 2. The molecule has 0 bridgehead atoms. The molecule has 0 saturated carbocycles. The standard InChI is InChI=1S/C18H18N2O4S/c1-18(2)11-20(14-7-5-4-6-13(14)18)25(22,23)12-8-9-15-16(10-12)24-17(21)19(15)3/h4-10H,11H2,1-3H3. The molecule has 3 aromatic rings. The van der Waals surface area contributed by atoms with Gasteiger partial charge in [-0.1, -0.05) is 32.0 Å². The normalized spacial score (nSPS) is 16.4. The SMILES string of the molecule is Cn1c(=O)oc2cc(S(=O)(=O)N3CC(C)(C)c4ccccc43)ccc21. The van der Waals surface area contributed by atoms with Crippen molar-refractivity contribution in [3.63, 3.8) is 0 Å². The minimum Gasteiger partial charge on any atom is -0.408 e. The molecule has 0 aliphatic carbocycles. The number of para-hydroxylation sites is 1. The van der Waals surface area contributed by atoms with Gasteiger partial charge in [-0.15, -0.1) is 0 Å². The fourth-order valence-electron chi connectivity index (χ4n) is 3.41. The second-order valence-electron chi connectivity index (χ2n) is 6.97. The van der Waals surface area contributed by atoms with E-state index < -0.39 is 15.8 Å². The molecule has 130 valence electrons. The topological polar surface area (TPSA) is 72.5 Å². The van der Waals surface area contributed by atoms with Crippen molar-refractivity contribution in [2.24, 2.45) is 7.05 Å². The van der Waals surface area contributed by atoms with Gasteiger partial charge in [0.2, 0.25) is 0 Å². The predicted molar refractivity (Wildman–Crippen MR) is 95.5 cm³/mol. The van der Waals surface area contributed by atoms with Crippen LogP contribution in [-0.2, 0) is 22.5 Å². The average molecular weight is 358 g/mol. The molecule has 7 heteroatoms. The maximum absolute atomic E-state index is 13.2. The summed E-state index contributed by atoms with van der Waals surface area (Å²) in [5, 5.41) is 0. The highest BCUT2D eigenvalue weighted by Gasteiger charge is 2.41. The zero-order chi connectivity index (χ0) is 18.0. The number of nitrogens with zero attached hydrogens (tertiary/aromatic N) is 2. The first-order valence-electron chi connectivity index (χ1n) is 7.94. The van der Waals surface area contributed by atoms with E-state index in [1.165, 1.54) is 21.0 Å². The molecular weight excluding hydrogens is 340 g/mol. The van der Waals surface area contributed by atoms with Crippen molar-refractivity contribution in [3.8, 4) is 0 Å². The van der Waals surface area contributed by atoms with Crippen molar-refractivity contribution in [1.29, 1.82) is 0 Å². The molecule has 1 aliphatic rings. The molecule has 2 aromatic carbocycles. The Kier molecular flexibility index (Phi) is 3.18. The van der Waals surface area contributed by atoms with Gasteiger partial charge in [-0.3, -0.25) is 8.87 Å². The third-order valence-corrected chi connectivity index (χ3v) is 6.55. The Balaban J connectivity index is 1.87. The van der Waals surface area contributed by atoms with Crippen LogP contribution in [0.15, 0.2) is 56.6 Å². The number of anilines is 1. The first-order valence-corrected chi connectivity index (χ1v) is 9.38. The number of sulfonamides is 1. The molecule has 0 radical (unpaired) electrons. The Hall–Kier alpha value is -2.54. The number of rotatable bonds is 2. The fourth-order valence-corrected chi connectivity index (χ4v) is 5.07. The zero-order valence-electron chi connectivity index (χ0n) is 14.2. The van der Waals surface area contributed by atoms with Crippen molar-refractivity contribution < 1.29 is 12.8 Å². The Labute approximate surface area is 145 Å². The van der Waals surface area contributed by atoms with Crippen LogP contribution in [0.5, 0.6) is 0 Å². The van der Waals surface area contributed by atoms with Crippen LogP contribution in [0.2, 0.25) is 0 Å². The third kappa shape index (κ3) is 2.22. The fraction of sp³-hybridized carbons (Fsp3) is 0.278. The number of oxazole rings is 1. The highest BCUT2D eigenvalue weighted by molar-refractivity contribution is 7.92. The molecule has 0 N–H and O–H groups in total. The molecular formula is C18H18N2O4S. The van der Waals surface area contributed by atoms with Crippen LogP contribution in [0.4, 0.5) is 5.69 Å². The summed E-state index contributed by atoms with van der Waals surface area (Å²) in [6.45, 7) is 4.42. The first kappa shape index (κ1) is 16.0. The third-order valence-electron chi connectivity index (χ3n) is 4.79. The predicted octanol–water partition coefficient (Wildman–Crippen LogP) is 2.62. The van der Waals surface area contributed by atoms with Gasteiger partial charge < -0.3 is 4.42 Å². The summed E-state index contributed by atoms with van der Waals surface area (Å²) in [6, 6.07) is 12.1. The quantitative estimate of drug-likeness (QED) is 0.706. The summed E-state index contributed by atoms with van der Waals surface area (Å²) in [5.74, 6) is -0.516. The maximum atomic E-state index is 13.2.